The molecule has 1 heterocycles. The maximum Gasteiger partial charge on any atom is 0.335 e. The molecular formula is C20H12O5S. The molecule has 3 aromatic rings. The van der Waals surface area contributed by atoms with Crippen molar-refractivity contribution in [3.63, 3.8) is 0 Å². The minimum atomic E-state index is -3.80. The summed E-state index contributed by atoms with van der Waals surface area (Å²) in [5, 5.41) is 8.98. The van der Waals surface area contributed by atoms with E-state index in [4.69, 9.17) is 5.11 Å². The Morgan fingerprint density at radius 1 is 0.769 bits per heavy atom. The van der Waals surface area contributed by atoms with Gasteiger partial charge in [-0.25, -0.2) is 13.2 Å². The molecule has 1 N–H and O–H groups in total. The molecular weight excluding hydrogens is 352 g/mol. The van der Waals surface area contributed by atoms with Crippen molar-refractivity contribution in [2.45, 2.75) is 9.79 Å². The molecule has 0 fully saturated rings. The zero-order chi connectivity index (χ0) is 18.5. The molecule has 0 amide bonds. The zero-order valence-electron chi connectivity index (χ0n) is 13.3. The minimum absolute atomic E-state index is 0.0101. The molecule has 4 rings (SSSR count). The van der Waals surface area contributed by atoms with Crippen LogP contribution in [0, 0.1) is 0 Å². The van der Waals surface area contributed by atoms with E-state index in [1.54, 1.807) is 30.3 Å². The van der Waals surface area contributed by atoms with E-state index in [2.05, 4.69) is 0 Å². The predicted molar refractivity (Wildman–Crippen MR) is 94.2 cm³/mol. The van der Waals surface area contributed by atoms with Crippen LogP contribution >= 0.6 is 0 Å². The molecule has 0 saturated heterocycles. The van der Waals surface area contributed by atoms with Crippen LogP contribution in [0.5, 0.6) is 0 Å². The van der Waals surface area contributed by atoms with E-state index in [1.807, 2.05) is 0 Å². The topological polar surface area (TPSA) is 88.5 Å². The van der Waals surface area contributed by atoms with Crippen LogP contribution in [0.2, 0.25) is 0 Å². The first-order valence-corrected chi connectivity index (χ1v) is 9.24. The van der Waals surface area contributed by atoms with Crippen LogP contribution in [0.4, 0.5) is 0 Å². The van der Waals surface area contributed by atoms with E-state index in [1.165, 1.54) is 36.4 Å². The Morgan fingerprint density at radius 3 is 2.08 bits per heavy atom. The summed E-state index contributed by atoms with van der Waals surface area (Å²) in [4.78, 5) is 23.6. The van der Waals surface area contributed by atoms with Gasteiger partial charge in [0.2, 0.25) is 9.84 Å². The number of benzene rings is 3. The lowest BCUT2D eigenvalue weighted by Crippen LogP contribution is -2.20. The summed E-state index contributed by atoms with van der Waals surface area (Å²) in [6.07, 6.45) is 0. The van der Waals surface area contributed by atoms with Gasteiger partial charge in [0, 0.05) is 11.1 Å². The van der Waals surface area contributed by atoms with Crippen LogP contribution in [0.1, 0.15) is 26.3 Å². The number of carboxylic acids is 1. The number of carboxylic acid groups (broad SMARTS) is 1. The van der Waals surface area contributed by atoms with E-state index >= 15 is 0 Å². The maximum atomic E-state index is 12.9. The molecule has 0 bridgehead atoms. The van der Waals surface area contributed by atoms with Crippen LogP contribution in [-0.2, 0) is 9.84 Å². The van der Waals surface area contributed by atoms with E-state index < -0.39 is 15.8 Å². The molecule has 0 spiro atoms. The largest absolute Gasteiger partial charge is 0.478 e. The van der Waals surface area contributed by atoms with Crippen molar-refractivity contribution in [2.24, 2.45) is 0 Å². The van der Waals surface area contributed by atoms with Gasteiger partial charge in [-0.1, -0.05) is 30.3 Å². The molecule has 5 nitrogen and oxygen atoms in total. The minimum Gasteiger partial charge on any atom is -0.478 e. The number of aromatic carboxylic acids is 1. The van der Waals surface area contributed by atoms with Gasteiger partial charge in [-0.15, -0.1) is 0 Å². The summed E-state index contributed by atoms with van der Waals surface area (Å²) in [5.74, 6) is -1.36. The number of rotatable bonds is 2. The lowest BCUT2D eigenvalue weighted by Gasteiger charge is -2.19. The Balaban J connectivity index is 1.88. The van der Waals surface area contributed by atoms with Gasteiger partial charge in [0.25, 0.3) is 0 Å². The lowest BCUT2D eigenvalue weighted by atomic mass is 9.98. The number of carbonyl (C=O) groups excluding carboxylic acids is 1. The van der Waals surface area contributed by atoms with Crippen molar-refractivity contribution >= 4 is 21.6 Å². The van der Waals surface area contributed by atoms with Crippen LogP contribution in [0.15, 0.2) is 76.5 Å². The molecule has 0 atom stereocenters. The SMILES string of the molecule is O=C(O)c1ccc(-c2ccc3c(c2)S(=O)(=O)c2ccccc2C3=O)cc1. The number of sulfone groups is 1. The first-order valence-electron chi connectivity index (χ1n) is 7.76. The third-order valence-electron chi connectivity index (χ3n) is 4.40. The van der Waals surface area contributed by atoms with Gasteiger partial charge in [0.15, 0.2) is 5.78 Å². The Hall–Kier alpha value is -3.25. The third kappa shape index (κ3) is 2.34. The fourth-order valence-corrected chi connectivity index (χ4v) is 4.75. The second-order valence-corrected chi connectivity index (χ2v) is 7.81. The average Bonchev–Trinajstić information content (AvgIpc) is 2.66. The summed E-state index contributed by atoms with van der Waals surface area (Å²) in [6, 6.07) is 16.9. The zero-order valence-corrected chi connectivity index (χ0v) is 14.2. The molecule has 6 heteroatoms. The molecule has 0 aliphatic carbocycles. The summed E-state index contributed by atoms with van der Waals surface area (Å²) in [6.45, 7) is 0. The van der Waals surface area contributed by atoms with Crippen molar-refractivity contribution in [2.75, 3.05) is 0 Å². The van der Waals surface area contributed by atoms with Gasteiger partial charge in [-0.3, -0.25) is 4.79 Å². The quantitative estimate of drug-likeness (QED) is 0.589. The van der Waals surface area contributed by atoms with E-state index in [0.717, 1.165) is 0 Å². The molecule has 0 radical (unpaired) electrons. The Kier molecular flexibility index (Phi) is 3.52. The standard InChI is InChI=1S/C20H12O5S/c21-19-15-3-1-2-4-17(15)26(24,25)18-11-14(9-10-16(18)19)12-5-7-13(8-6-12)20(22)23/h1-11H,(H,22,23). The number of hydrogen-bond donors (Lipinski definition) is 1. The van der Waals surface area contributed by atoms with Crippen LogP contribution < -0.4 is 0 Å². The van der Waals surface area contributed by atoms with Crippen molar-refractivity contribution in [1.82, 2.24) is 0 Å². The van der Waals surface area contributed by atoms with Crippen molar-refractivity contribution in [1.29, 1.82) is 0 Å². The van der Waals surface area contributed by atoms with Crippen LogP contribution in [0.3, 0.4) is 0 Å². The summed E-state index contributed by atoms with van der Waals surface area (Å²) in [7, 11) is -3.80. The van der Waals surface area contributed by atoms with Gasteiger partial charge in [0.1, 0.15) is 0 Å². The molecule has 0 saturated carbocycles. The molecule has 3 aromatic carbocycles. The first-order chi connectivity index (χ1) is 12.4. The fourth-order valence-electron chi connectivity index (χ4n) is 3.07. The van der Waals surface area contributed by atoms with E-state index in [-0.39, 0.29) is 32.3 Å². The molecule has 0 unspecified atom stereocenters. The highest BCUT2D eigenvalue weighted by molar-refractivity contribution is 7.91. The Morgan fingerprint density at radius 2 is 1.38 bits per heavy atom. The highest BCUT2D eigenvalue weighted by atomic mass is 32.2. The van der Waals surface area contributed by atoms with Crippen LogP contribution in [0.25, 0.3) is 11.1 Å². The van der Waals surface area contributed by atoms with E-state index in [9.17, 15) is 18.0 Å². The normalized spacial score (nSPS) is 14.4. The van der Waals surface area contributed by atoms with Crippen LogP contribution in [-0.4, -0.2) is 25.3 Å². The van der Waals surface area contributed by atoms with Gasteiger partial charge >= 0.3 is 5.97 Å². The first kappa shape index (κ1) is 16.2. The number of ketones is 1. The smallest absolute Gasteiger partial charge is 0.335 e. The Labute approximate surface area is 149 Å². The maximum absolute atomic E-state index is 12.9. The van der Waals surface area contributed by atoms with E-state index in [0.29, 0.717) is 11.1 Å². The highest BCUT2D eigenvalue weighted by Gasteiger charge is 2.34. The second kappa shape index (κ2) is 5.64. The molecule has 1 aliphatic heterocycles. The number of hydrogen-bond acceptors (Lipinski definition) is 4. The summed E-state index contributed by atoms with van der Waals surface area (Å²) < 4.78 is 25.9. The van der Waals surface area contributed by atoms with Gasteiger partial charge in [0.05, 0.1) is 15.4 Å². The monoisotopic (exact) mass is 364 g/mol. The second-order valence-electron chi connectivity index (χ2n) is 5.92. The molecule has 128 valence electrons. The average molecular weight is 364 g/mol. The molecule has 1 aliphatic rings. The van der Waals surface area contributed by atoms with Gasteiger partial charge in [-0.05, 0) is 47.5 Å². The highest BCUT2D eigenvalue weighted by Crippen LogP contribution is 2.36. The van der Waals surface area contributed by atoms with Gasteiger partial charge < -0.3 is 5.11 Å². The molecule has 26 heavy (non-hydrogen) atoms. The van der Waals surface area contributed by atoms with Crippen molar-refractivity contribution < 1.29 is 23.1 Å². The number of carbonyl (C=O) groups is 2. The van der Waals surface area contributed by atoms with Crippen molar-refractivity contribution in [3.8, 4) is 11.1 Å². The van der Waals surface area contributed by atoms with Gasteiger partial charge in [-0.2, -0.15) is 0 Å². The summed E-state index contributed by atoms with van der Waals surface area (Å²) >= 11 is 0. The predicted octanol–water partition coefficient (Wildman–Crippen LogP) is 3.43. The van der Waals surface area contributed by atoms with Crippen molar-refractivity contribution in [3.05, 3.63) is 83.4 Å². The lowest BCUT2D eigenvalue weighted by molar-refractivity contribution is 0.0696. The third-order valence-corrected chi connectivity index (χ3v) is 6.25. The molecule has 0 aromatic heterocycles. The summed E-state index contributed by atoms with van der Waals surface area (Å²) in [5.41, 5.74) is 1.73. The number of fused-ring (bicyclic) bond motifs is 2. The Bertz CT molecular complexity index is 1180. The fraction of sp³-hybridized carbons (Fsp3) is 0.